The molecule has 0 radical (unpaired) electrons. The molecule has 0 atom stereocenters. The molecule has 0 aliphatic carbocycles. The van der Waals surface area contributed by atoms with E-state index in [0.717, 1.165) is 5.69 Å². The molecule has 132 valence electrons. The predicted octanol–water partition coefficient (Wildman–Crippen LogP) is 4.12. The first-order valence-corrected chi connectivity index (χ1v) is 8.12. The summed E-state index contributed by atoms with van der Waals surface area (Å²) in [6.07, 6.45) is 0. The number of anilines is 3. The lowest BCUT2D eigenvalue weighted by Gasteiger charge is -2.10. The fourth-order valence-corrected chi connectivity index (χ4v) is 2.10. The van der Waals surface area contributed by atoms with Crippen molar-refractivity contribution in [1.82, 2.24) is 0 Å². The fourth-order valence-electron chi connectivity index (χ4n) is 1.92. The minimum absolute atomic E-state index is 0.0344. The summed E-state index contributed by atoms with van der Waals surface area (Å²) in [6, 6.07) is 11.0. The van der Waals surface area contributed by atoms with Gasteiger partial charge in [-0.05, 0) is 42.5 Å². The van der Waals surface area contributed by atoms with Gasteiger partial charge >= 0.3 is 0 Å². The molecule has 2 aromatic rings. The topological polar surface area (TPSA) is 70.2 Å². The lowest BCUT2D eigenvalue weighted by molar-refractivity contribution is -0.119. The van der Waals surface area contributed by atoms with E-state index >= 15 is 0 Å². The van der Waals surface area contributed by atoms with Crippen LogP contribution in [-0.4, -0.2) is 18.4 Å². The Kier molecular flexibility index (Phi) is 6.36. The van der Waals surface area contributed by atoms with Crippen LogP contribution in [0.2, 0.25) is 5.02 Å². The van der Waals surface area contributed by atoms with Crippen LogP contribution in [0.3, 0.4) is 0 Å². The maximum absolute atomic E-state index is 13.1. The summed E-state index contributed by atoms with van der Waals surface area (Å²) in [4.78, 5) is 23.5. The molecule has 2 aromatic carbocycles. The molecule has 0 aliphatic heterocycles. The molecule has 2 amide bonds. The maximum Gasteiger partial charge on any atom is 0.243 e. The molecule has 3 N–H and O–H groups in total. The van der Waals surface area contributed by atoms with Crippen LogP contribution in [0.4, 0.5) is 21.5 Å². The Labute approximate surface area is 150 Å². The smallest absolute Gasteiger partial charge is 0.243 e. The molecule has 0 heterocycles. The normalized spacial score (nSPS) is 10.4. The maximum atomic E-state index is 13.1. The van der Waals surface area contributed by atoms with Crippen LogP contribution in [-0.2, 0) is 9.59 Å². The summed E-state index contributed by atoms with van der Waals surface area (Å²) in [6.45, 7) is 3.67. The molecule has 25 heavy (non-hydrogen) atoms. The summed E-state index contributed by atoms with van der Waals surface area (Å²) >= 11 is 5.67. The number of nitrogens with one attached hydrogen (secondary N) is 3. The van der Waals surface area contributed by atoms with Crippen LogP contribution in [0.25, 0.3) is 0 Å². The third kappa shape index (κ3) is 5.76. The molecule has 5 nitrogen and oxygen atoms in total. The van der Waals surface area contributed by atoms with Gasteiger partial charge in [-0.15, -0.1) is 0 Å². The first-order chi connectivity index (χ1) is 11.8. The number of amides is 2. The van der Waals surface area contributed by atoms with Crippen LogP contribution in [0.15, 0.2) is 42.5 Å². The molecule has 0 saturated carbocycles. The van der Waals surface area contributed by atoms with Gasteiger partial charge in [-0.1, -0.05) is 25.4 Å². The number of carbonyl (C=O) groups is 2. The number of benzene rings is 2. The van der Waals surface area contributed by atoms with Crippen LogP contribution >= 0.6 is 11.6 Å². The fraction of sp³-hybridized carbons (Fsp3) is 0.222. The third-order valence-corrected chi connectivity index (χ3v) is 3.62. The molecule has 0 bridgehead atoms. The summed E-state index contributed by atoms with van der Waals surface area (Å²) < 4.78 is 13.1. The summed E-state index contributed by atoms with van der Waals surface area (Å²) in [5, 5.41) is 8.32. The number of carbonyl (C=O) groups excluding carboxylic acids is 2. The Morgan fingerprint density at radius 1 is 1.00 bits per heavy atom. The second-order valence-corrected chi connectivity index (χ2v) is 6.16. The van der Waals surface area contributed by atoms with Crippen LogP contribution in [0.5, 0.6) is 0 Å². The van der Waals surface area contributed by atoms with E-state index in [9.17, 15) is 14.0 Å². The quantitative estimate of drug-likeness (QED) is 0.722. The molecule has 0 saturated heterocycles. The van der Waals surface area contributed by atoms with Crippen molar-refractivity contribution in [1.29, 1.82) is 0 Å². The van der Waals surface area contributed by atoms with Gasteiger partial charge in [-0.3, -0.25) is 9.59 Å². The Hall–Kier alpha value is -2.60. The molecule has 0 unspecified atom stereocenters. The van der Waals surface area contributed by atoms with E-state index in [4.69, 9.17) is 11.6 Å². The number of rotatable bonds is 6. The van der Waals surface area contributed by atoms with Gasteiger partial charge < -0.3 is 16.0 Å². The Morgan fingerprint density at radius 2 is 1.60 bits per heavy atom. The molecule has 0 aliphatic rings. The van der Waals surface area contributed by atoms with Crippen molar-refractivity contribution < 1.29 is 14.0 Å². The van der Waals surface area contributed by atoms with E-state index < -0.39 is 5.82 Å². The average Bonchev–Trinajstić information content (AvgIpc) is 2.57. The highest BCUT2D eigenvalue weighted by Crippen LogP contribution is 2.19. The van der Waals surface area contributed by atoms with Gasteiger partial charge in [0.15, 0.2) is 0 Å². The Morgan fingerprint density at radius 3 is 2.20 bits per heavy atom. The van der Waals surface area contributed by atoms with E-state index in [2.05, 4.69) is 16.0 Å². The predicted molar refractivity (Wildman–Crippen MR) is 98.4 cm³/mol. The first kappa shape index (κ1) is 18.7. The van der Waals surface area contributed by atoms with Crippen LogP contribution in [0.1, 0.15) is 13.8 Å². The van der Waals surface area contributed by atoms with Gasteiger partial charge in [0.1, 0.15) is 5.82 Å². The van der Waals surface area contributed by atoms with Crippen molar-refractivity contribution in [2.24, 2.45) is 5.92 Å². The van der Waals surface area contributed by atoms with Gasteiger partial charge in [0.25, 0.3) is 0 Å². The second-order valence-electron chi connectivity index (χ2n) is 5.75. The zero-order valence-electron chi connectivity index (χ0n) is 13.9. The minimum atomic E-state index is -0.539. The zero-order chi connectivity index (χ0) is 18.4. The standard InChI is InChI=1S/C18H19ClFN3O2/c1-11(2)18(25)23-13-5-3-12(4-6-13)21-10-17(24)22-14-7-8-16(20)15(19)9-14/h3-9,11,21H,10H2,1-2H3,(H,22,24)(H,23,25). The van der Waals surface area contributed by atoms with Gasteiger partial charge in [0.2, 0.25) is 11.8 Å². The SMILES string of the molecule is CC(C)C(=O)Nc1ccc(NCC(=O)Nc2ccc(F)c(Cl)c2)cc1. The van der Waals surface area contributed by atoms with Gasteiger partial charge in [0.05, 0.1) is 11.6 Å². The molecule has 7 heteroatoms. The highest BCUT2D eigenvalue weighted by atomic mass is 35.5. The van der Waals surface area contributed by atoms with Crippen molar-refractivity contribution in [2.45, 2.75) is 13.8 Å². The van der Waals surface area contributed by atoms with Crippen molar-refractivity contribution in [3.05, 3.63) is 53.3 Å². The molecule has 0 fully saturated rings. The lowest BCUT2D eigenvalue weighted by atomic mass is 10.2. The van der Waals surface area contributed by atoms with Crippen molar-refractivity contribution in [2.75, 3.05) is 22.5 Å². The number of hydrogen-bond acceptors (Lipinski definition) is 3. The summed E-state index contributed by atoms with van der Waals surface area (Å²) in [5.41, 5.74) is 1.84. The van der Waals surface area contributed by atoms with Gasteiger partial charge in [-0.25, -0.2) is 4.39 Å². The summed E-state index contributed by atoms with van der Waals surface area (Å²) in [5.74, 6) is -0.984. The van der Waals surface area contributed by atoms with E-state index in [1.807, 2.05) is 13.8 Å². The summed E-state index contributed by atoms with van der Waals surface area (Å²) in [7, 11) is 0. The van der Waals surface area contributed by atoms with E-state index in [1.54, 1.807) is 24.3 Å². The average molecular weight is 364 g/mol. The molecular formula is C18H19ClFN3O2. The second kappa shape index (κ2) is 8.48. The van der Waals surface area contributed by atoms with E-state index in [0.29, 0.717) is 11.4 Å². The Bertz CT molecular complexity index is 763. The molecule has 0 aromatic heterocycles. The zero-order valence-corrected chi connectivity index (χ0v) is 14.7. The number of halogens is 2. The molecule has 0 spiro atoms. The van der Waals surface area contributed by atoms with Gasteiger partial charge in [0, 0.05) is 23.0 Å². The molecular weight excluding hydrogens is 345 g/mol. The van der Waals surface area contributed by atoms with E-state index in [1.165, 1.54) is 18.2 Å². The van der Waals surface area contributed by atoms with Crippen molar-refractivity contribution >= 4 is 40.5 Å². The monoisotopic (exact) mass is 363 g/mol. The number of hydrogen-bond donors (Lipinski definition) is 3. The first-order valence-electron chi connectivity index (χ1n) is 7.75. The third-order valence-electron chi connectivity index (χ3n) is 3.33. The minimum Gasteiger partial charge on any atom is -0.376 e. The van der Waals surface area contributed by atoms with Crippen LogP contribution in [0, 0.1) is 11.7 Å². The Balaban J connectivity index is 1.85. The van der Waals surface area contributed by atoms with Crippen LogP contribution < -0.4 is 16.0 Å². The lowest BCUT2D eigenvalue weighted by Crippen LogP contribution is -2.21. The van der Waals surface area contributed by atoms with Gasteiger partial charge in [-0.2, -0.15) is 0 Å². The highest BCUT2D eigenvalue weighted by Gasteiger charge is 2.08. The van der Waals surface area contributed by atoms with Crippen molar-refractivity contribution in [3.63, 3.8) is 0 Å². The van der Waals surface area contributed by atoms with E-state index in [-0.39, 0.29) is 29.3 Å². The largest absolute Gasteiger partial charge is 0.376 e. The highest BCUT2D eigenvalue weighted by molar-refractivity contribution is 6.31. The van der Waals surface area contributed by atoms with Crippen molar-refractivity contribution in [3.8, 4) is 0 Å². The molecule has 2 rings (SSSR count).